The summed E-state index contributed by atoms with van der Waals surface area (Å²) in [5, 5.41) is 39.0. The van der Waals surface area contributed by atoms with Crippen LogP contribution < -0.4 is 10.2 Å². The maximum absolute atomic E-state index is 11.1. The van der Waals surface area contributed by atoms with E-state index in [9.17, 15) is 10.4 Å². The minimum atomic E-state index is -0.885. The van der Waals surface area contributed by atoms with Crippen molar-refractivity contribution in [2.75, 3.05) is 4.90 Å². The van der Waals surface area contributed by atoms with Crippen LogP contribution in [0.1, 0.15) is 63.6 Å². The van der Waals surface area contributed by atoms with Gasteiger partial charge in [0.15, 0.2) is 5.82 Å². The lowest BCUT2D eigenvalue weighted by Gasteiger charge is -2.38. The molecule has 53 heavy (non-hydrogen) atoms. The van der Waals surface area contributed by atoms with Gasteiger partial charge < -0.3 is 15.3 Å². The summed E-state index contributed by atoms with van der Waals surface area (Å²) < 4.78 is 1.96. The van der Waals surface area contributed by atoms with Crippen molar-refractivity contribution in [3.05, 3.63) is 168 Å². The molecule has 5 aromatic carbocycles. The van der Waals surface area contributed by atoms with Crippen LogP contribution in [-0.2, 0) is 5.54 Å². The van der Waals surface area contributed by atoms with Crippen molar-refractivity contribution in [1.82, 2.24) is 25.5 Å². The van der Waals surface area contributed by atoms with Crippen LogP contribution in [0.15, 0.2) is 151 Å². The number of aromatic nitrogens is 4. The highest BCUT2D eigenvalue weighted by molar-refractivity contribution is 5.82. The zero-order valence-electron chi connectivity index (χ0n) is 30.7. The minimum Gasteiger partial charge on any atom is -0.387 e. The molecule has 6 aromatic rings. The van der Waals surface area contributed by atoms with Crippen molar-refractivity contribution >= 4 is 5.69 Å². The first kappa shape index (κ1) is 35.4. The highest BCUT2D eigenvalue weighted by atomic mass is 16.3. The number of aliphatic hydroxyl groups is 1. The summed E-state index contributed by atoms with van der Waals surface area (Å²) in [5.41, 5.74) is 6.39. The smallest absolute Gasteiger partial charge is 0.184 e. The van der Waals surface area contributed by atoms with E-state index in [1.54, 1.807) is 0 Å². The molecule has 266 valence electrons. The van der Waals surface area contributed by atoms with Gasteiger partial charge in [-0.2, -0.15) is 5.26 Å². The first-order chi connectivity index (χ1) is 25.8. The van der Waals surface area contributed by atoms with Crippen LogP contribution in [0.3, 0.4) is 0 Å². The van der Waals surface area contributed by atoms with Gasteiger partial charge in [0.05, 0.1) is 11.8 Å². The summed E-state index contributed by atoms with van der Waals surface area (Å²) in [6, 6.07) is 50.1. The van der Waals surface area contributed by atoms with Crippen molar-refractivity contribution in [3.8, 4) is 28.6 Å². The van der Waals surface area contributed by atoms with Crippen molar-refractivity contribution in [2.24, 2.45) is 5.92 Å². The summed E-state index contributed by atoms with van der Waals surface area (Å²) >= 11 is 0. The highest BCUT2D eigenvalue weighted by Crippen LogP contribution is 2.44. The van der Waals surface area contributed by atoms with E-state index in [0.29, 0.717) is 17.2 Å². The Hall–Kier alpha value is -6.04. The van der Waals surface area contributed by atoms with Crippen molar-refractivity contribution < 1.29 is 5.11 Å². The Bertz CT molecular complexity index is 2130. The highest BCUT2D eigenvalue weighted by Gasteiger charge is 2.45. The second-order valence-corrected chi connectivity index (χ2v) is 14.2. The van der Waals surface area contributed by atoms with Crippen LogP contribution >= 0.6 is 0 Å². The summed E-state index contributed by atoms with van der Waals surface area (Å²) in [5.74, 6) is 0.579. The lowest BCUT2D eigenvalue weighted by Crippen LogP contribution is -2.51. The molecule has 0 fully saturated rings. The SMILES string of the molecule is CCCCC1(C)NC(C(O)C(C)C)=C(C#N)N1c1ccc(-c2ccccc2-c2nnnn2C(c2ccccc2)(c2ccccc2)c2ccccc2)cc1. The predicted molar refractivity (Wildman–Crippen MR) is 210 cm³/mol. The topological polar surface area (TPSA) is 103 Å². The molecule has 0 amide bonds. The first-order valence-corrected chi connectivity index (χ1v) is 18.4. The van der Waals surface area contributed by atoms with Crippen LogP contribution in [-0.4, -0.2) is 37.1 Å². The van der Waals surface area contributed by atoms with Gasteiger partial charge in [-0.05, 0) is 76.1 Å². The molecule has 2 heterocycles. The molecule has 8 heteroatoms. The molecule has 2 N–H and O–H groups in total. The van der Waals surface area contributed by atoms with Gasteiger partial charge in [-0.1, -0.05) is 155 Å². The summed E-state index contributed by atoms with van der Waals surface area (Å²) in [6.07, 6.45) is 2.02. The fourth-order valence-electron chi connectivity index (χ4n) is 7.75. The van der Waals surface area contributed by atoms with Gasteiger partial charge in [0.1, 0.15) is 23.0 Å². The van der Waals surface area contributed by atoms with Crippen LogP contribution in [0.25, 0.3) is 22.5 Å². The number of hydrogen-bond acceptors (Lipinski definition) is 7. The molecule has 7 rings (SSSR count). The Morgan fingerprint density at radius 2 is 1.30 bits per heavy atom. The Kier molecular flexibility index (Phi) is 9.94. The van der Waals surface area contributed by atoms with Crippen LogP contribution in [0.4, 0.5) is 5.69 Å². The number of nitrogens with zero attached hydrogens (tertiary/aromatic N) is 6. The monoisotopic (exact) mass is 699 g/mol. The van der Waals surface area contributed by atoms with Crippen molar-refractivity contribution in [3.63, 3.8) is 0 Å². The lowest BCUT2D eigenvalue weighted by atomic mass is 9.77. The number of anilines is 1. The molecular weight excluding hydrogens is 655 g/mol. The Morgan fingerprint density at radius 3 is 1.81 bits per heavy atom. The summed E-state index contributed by atoms with van der Waals surface area (Å²) in [6.45, 7) is 8.21. The van der Waals surface area contributed by atoms with Crippen LogP contribution in [0.5, 0.6) is 0 Å². The van der Waals surface area contributed by atoms with E-state index in [0.717, 1.165) is 58.3 Å². The second kappa shape index (κ2) is 14.9. The third-order valence-electron chi connectivity index (χ3n) is 10.4. The summed E-state index contributed by atoms with van der Waals surface area (Å²) in [7, 11) is 0. The fourth-order valence-corrected chi connectivity index (χ4v) is 7.75. The number of benzene rings is 5. The normalized spacial score (nSPS) is 16.4. The van der Waals surface area contributed by atoms with E-state index in [1.807, 2.05) is 48.9 Å². The molecule has 2 atom stereocenters. The molecule has 0 radical (unpaired) electrons. The average Bonchev–Trinajstić information content (AvgIpc) is 3.81. The predicted octanol–water partition coefficient (Wildman–Crippen LogP) is 8.92. The molecule has 1 aromatic heterocycles. The third-order valence-corrected chi connectivity index (χ3v) is 10.4. The molecular formula is C45H45N7O. The molecule has 0 bridgehead atoms. The first-order valence-electron chi connectivity index (χ1n) is 18.4. The second-order valence-electron chi connectivity index (χ2n) is 14.2. The number of nitrogens with one attached hydrogen (secondary N) is 1. The zero-order valence-corrected chi connectivity index (χ0v) is 30.7. The van der Waals surface area contributed by atoms with Crippen molar-refractivity contribution in [1.29, 1.82) is 5.26 Å². The Morgan fingerprint density at radius 1 is 0.774 bits per heavy atom. The van der Waals surface area contributed by atoms with Crippen LogP contribution in [0.2, 0.25) is 0 Å². The van der Waals surface area contributed by atoms with E-state index in [2.05, 4.69) is 145 Å². The van der Waals surface area contributed by atoms with Gasteiger partial charge in [0, 0.05) is 11.3 Å². The van der Waals surface area contributed by atoms with E-state index in [1.165, 1.54) is 0 Å². The quantitative estimate of drug-likeness (QED) is 0.123. The molecule has 8 nitrogen and oxygen atoms in total. The number of nitriles is 1. The Balaban J connectivity index is 1.37. The minimum absolute atomic E-state index is 0.0453. The van der Waals surface area contributed by atoms with E-state index in [4.69, 9.17) is 10.3 Å². The zero-order chi connectivity index (χ0) is 37.0. The average molecular weight is 700 g/mol. The number of aliphatic hydroxyl groups excluding tert-OH is 1. The van der Waals surface area contributed by atoms with Crippen molar-refractivity contribution in [2.45, 2.75) is 64.3 Å². The van der Waals surface area contributed by atoms with Crippen LogP contribution in [0, 0.1) is 17.2 Å². The molecule has 0 saturated heterocycles. The fraction of sp³-hybridized carbons (Fsp3) is 0.244. The van der Waals surface area contributed by atoms with E-state index in [-0.39, 0.29) is 5.92 Å². The number of unbranched alkanes of at least 4 members (excludes halogenated alkanes) is 1. The maximum atomic E-state index is 11.1. The molecule has 1 aliphatic heterocycles. The van der Waals surface area contributed by atoms with E-state index >= 15 is 0 Å². The van der Waals surface area contributed by atoms with Gasteiger partial charge in [-0.15, -0.1) is 5.10 Å². The lowest BCUT2D eigenvalue weighted by molar-refractivity contribution is 0.148. The molecule has 0 aliphatic carbocycles. The van der Waals surface area contributed by atoms with Gasteiger partial charge in [0.2, 0.25) is 0 Å². The Labute approximate surface area is 312 Å². The number of rotatable bonds is 12. The number of allylic oxidation sites excluding steroid dienone is 1. The van der Waals surface area contributed by atoms with Gasteiger partial charge in [-0.3, -0.25) is 0 Å². The summed E-state index contributed by atoms with van der Waals surface area (Å²) in [4.78, 5) is 2.06. The van der Waals surface area contributed by atoms with Gasteiger partial charge in [0.25, 0.3) is 0 Å². The standard InChI is InChI=1S/C45H45N7O/c1-5-6-30-44(4)47-41(42(53)32(2)3)40(31-46)51(44)37-28-26-33(27-29-37)38-24-16-17-25-39(38)43-48-49-50-52(43)45(34-18-10-7-11-19-34,35-20-12-8-13-21-35)36-22-14-9-15-23-36/h7-29,32,42,47,53H,5-6,30H2,1-4H3. The molecule has 0 spiro atoms. The molecule has 0 saturated carbocycles. The number of hydrogen-bond donors (Lipinski definition) is 2. The van der Waals surface area contributed by atoms with Gasteiger partial charge in [-0.25, -0.2) is 4.68 Å². The maximum Gasteiger partial charge on any atom is 0.184 e. The van der Waals surface area contributed by atoms with E-state index < -0.39 is 17.3 Å². The molecule has 2 unspecified atom stereocenters. The third kappa shape index (κ3) is 6.28. The van der Waals surface area contributed by atoms with Gasteiger partial charge >= 0.3 is 0 Å². The number of tetrazole rings is 1. The molecule has 1 aliphatic rings. The largest absolute Gasteiger partial charge is 0.387 e.